The molecule has 5 rings (SSSR count). The van der Waals surface area contributed by atoms with E-state index in [0.717, 1.165) is 39.2 Å². The van der Waals surface area contributed by atoms with Gasteiger partial charge in [0.2, 0.25) is 0 Å². The molecule has 0 saturated heterocycles. The Kier molecular flexibility index (Phi) is 4.57. The molecule has 1 aliphatic rings. The third-order valence-corrected chi connectivity index (χ3v) is 6.36. The molecule has 4 aromatic rings. The van der Waals surface area contributed by atoms with Crippen LogP contribution >= 0.6 is 28.1 Å². The molecule has 2 N–H and O–H groups in total. The molecule has 0 bridgehead atoms. The number of halogens is 1. The van der Waals surface area contributed by atoms with Gasteiger partial charge in [0.25, 0.3) is 5.91 Å². The maximum atomic E-state index is 12.9. The van der Waals surface area contributed by atoms with Gasteiger partial charge in [0.05, 0.1) is 0 Å². The third-order valence-electron chi connectivity index (χ3n) is 5.47. The Balaban J connectivity index is 1.42. The molecule has 0 fully saturated rings. The van der Waals surface area contributed by atoms with Crippen LogP contribution in [0.4, 0.5) is 5.69 Å². The second-order valence-corrected chi connectivity index (χ2v) is 8.42. The minimum absolute atomic E-state index is 0.225. The molecule has 0 saturated carbocycles. The number of hydrogen-bond donors (Lipinski definition) is 2. The Morgan fingerprint density at radius 1 is 0.828 bits per heavy atom. The van der Waals surface area contributed by atoms with Crippen LogP contribution in [0.25, 0.3) is 21.5 Å². The van der Waals surface area contributed by atoms with Gasteiger partial charge in [-0.2, -0.15) is 0 Å². The van der Waals surface area contributed by atoms with Gasteiger partial charge in [-0.1, -0.05) is 64.5 Å². The van der Waals surface area contributed by atoms with Crippen molar-refractivity contribution in [2.24, 2.45) is 0 Å². The van der Waals surface area contributed by atoms with Gasteiger partial charge in [-0.3, -0.25) is 10.1 Å². The quantitative estimate of drug-likeness (QED) is 0.361. The van der Waals surface area contributed by atoms with Gasteiger partial charge in [0.15, 0.2) is 5.11 Å². The van der Waals surface area contributed by atoms with Crippen molar-refractivity contribution in [3.8, 4) is 0 Å². The van der Waals surface area contributed by atoms with Crippen LogP contribution in [-0.4, -0.2) is 11.0 Å². The van der Waals surface area contributed by atoms with Crippen LogP contribution in [0.1, 0.15) is 21.5 Å². The molecule has 3 nitrogen and oxygen atoms in total. The standard InChI is InChI=1S/C24H17BrN2OS/c25-20-9-3-5-16-17(20)6-2-7-18(16)23(28)27-24(29)26-21-13-12-15-11-10-14-4-1-8-19(21)22(14)15/h1-9,12-13H,10-11H2,(H2,26,27,28,29). The van der Waals surface area contributed by atoms with E-state index in [4.69, 9.17) is 12.2 Å². The van der Waals surface area contributed by atoms with Crippen molar-refractivity contribution < 1.29 is 4.79 Å². The third kappa shape index (κ3) is 3.20. The topological polar surface area (TPSA) is 41.1 Å². The maximum Gasteiger partial charge on any atom is 0.258 e. The van der Waals surface area contributed by atoms with E-state index < -0.39 is 0 Å². The summed E-state index contributed by atoms with van der Waals surface area (Å²) in [6.07, 6.45) is 2.15. The summed E-state index contributed by atoms with van der Waals surface area (Å²) in [6, 6.07) is 22.0. The van der Waals surface area contributed by atoms with Crippen LogP contribution in [0.2, 0.25) is 0 Å². The molecule has 0 aromatic heterocycles. The van der Waals surface area contributed by atoms with Crippen LogP contribution in [-0.2, 0) is 12.8 Å². The number of anilines is 1. The molecule has 0 radical (unpaired) electrons. The normalized spacial score (nSPS) is 12.3. The molecule has 0 unspecified atom stereocenters. The van der Waals surface area contributed by atoms with E-state index in [1.807, 2.05) is 42.5 Å². The summed E-state index contributed by atoms with van der Waals surface area (Å²) < 4.78 is 0.957. The highest BCUT2D eigenvalue weighted by atomic mass is 79.9. The van der Waals surface area contributed by atoms with Gasteiger partial charge < -0.3 is 5.32 Å². The lowest BCUT2D eigenvalue weighted by atomic mass is 10.0. The number of aryl methyl sites for hydroxylation is 2. The van der Waals surface area contributed by atoms with E-state index in [0.29, 0.717) is 10.7 Å². The number of nitrogens with one attached hydrogen (secondary N) is 2. The van der Waals surface area contributed by atoms with Crippen LogP contribution in [0.15, 0.2) is 71.2 Å². The summed E-state index contributed by atoms with van der Waals surface area (Å²) in [5.74, 6) is -0.225. The van der Waals surface area contributed by atoms with Crippen LogP contribution < -0.4 is 10.6 Å². The fourth-order valence-corrected chi connectivity index (χ4v) is 4.85. The monoisotopic (exact) mass is 460 g/mol. The van der Waals surface area contributed by atoms with Gasteiger partial charge in [-0.15, -0.1) is 0 Å². The number of amides is 1. The van der Waals surface area contributed by atoms with Gasteiger partial charge in [0.1, 0.15) is 0 Å². The highest BCUT2D eigenvalue weighted by Gasteiger charge is 2.17. The summed E-state index contributed by atoms with van der Waals surface area (Å²) in [4.78, 5) is 12.9. The van der Waals surface area contributed by atoms with Crippen LogP contribution in [0, 0.1) is 0 Å². The molecule has 0 spiro atoms. The predicted octanol–water partition coefficient (Wildman–Crippen LogP) is 5.98. The second kappa shape index (κ2) is 7.25. The van der Waals surface area contributed by atoms with Crippen molar-refractivity contribution in [1.29, 1.82) is 0 Å². The molecule has 1 amide bonds. The summed E-state index contributed by atoms with van der Waals surface area (Å²) in [7, 11) is 0. The van der Waals surface area contributed by atoms with E-state index in [9.17, 15) is 4.79 Å². The molecule has 0 aliphatic heterocycles. The molecule has 1 aliphatic carbocycles. The van der Waals surface area contributed by atoms with E-state index >= 15 is 0 Å². The second-order valence-electron chi connectivity index (χ2n) is 7.16. The average molecular weight is 461 g/mol. The van der Waals surface area contributed by atoms with Gasteiger partial charge in [-0.25, -0.2) is 0 Å². The summed E-state index contributed by atoms with van der Waals surface area (Å²) >= 11 is 9.00. The Morgan fingerprint density at radius 3 is 2.38 bits per heavy atom. The zero-order valence-corrected chi connectivity index (χ0v) is 17.9. The van der Waals surface area contributed by atoms with Gasteiger partial charge >= 0.3 is 0 Å². The van der Waals surface area contributed by atoms with Crippen molar-refractivity contribution in [3.05, 3.63) is 87.9 Å². The SMILES string of the molecule is O=C(NC(=S)Nc1ccc2c3c(cccc13)CC2)c1cccc2c(Br)cccc12. The number of benzene rings is 4. The first-order valence-electron chi connectivity index (χ1n) is 9.45. The largest absolute Gasteiger partial charge is 0.332 e. The first-order valence-corrected chi connectivity index (χ1v) is 10.6. The Bertz CT molecular complexity index is 1310. The summed E-state index contributed by atoms with van der Waals surface area (Å²) in [5.41, 5.74) is 4.25. The van der Waals surface area contributed by atoms with Crippen LogP contribution in [0.3, 0.4) is 0 Å². The van der Waals surface area contributed by atoms with Crippen molar-refractivity contribution >= 4 is 66.4 Å². The minimum atomic E-state index is -0.225. The van der Waals surface area contributed by atoms with Crippen molar-refractivity contribution in [2.75, 3.05) is 5.32 Å². The average Bonchev–Trinajstić information content (AvgIpc) is 3.15. The smallest absolute Gasteiger partial charge is 0.258 e. The Hall–Kier alpha value is -2.76. The molecule has 5 heteroatoms. The zero-order valence-electron chi connectivity index (χ0n) is 15.5. The van der Waals surface area contributed by atoms with Crippen molar-refractivity contribution in [2.45, 2.75) is 12.8 Å². The van der Waals surface area contributed by atoms with E-state index in [2.05, 4.69) is 50.8 Å². The lowest BCUT2D eigenvalue weighted by Crippen LogP contribution is -2.34. The summed E-state index contributed by atoms with van der Waals surface area (Å²) in [6.45, 7) is 0. The lowest BCUT2D eigenvalue weighted by Gasteiger charge is -2.14. The van der Waals surface area contributed by atoms with Crippen molar-refractivity contribution in [1.82, 2.24) is 5.32 Å². The number of carbonyl (C=O) groups excluding carboxylic acids is 1. The highest BCUT2D eigenvalue weighted by Crippen LogP contribution is 2.35. The fraction of sp³-hybridized carbons (Fsp3) is 0.0833. The number of fused-ring (bicyclic) bond motifs is 1. The number of hydrogen-bond acceptors (Lipinski definition) is 2. The first kappa shape index (κ1) is 18.3. The van der Waals surface area contributed by atoms with E-state index in [1.54, 1.807) is 0 Å². The van der Waals surface area contributed by atoms with Gasteiger partial charge in [-0.05, 0) is 70.5 Å². The van der Waals surface area contributed by atoms with E-state index in [1.165, 1.54) is 16.5 Å². The number of rotatable bonds is 2. The Labute approximate surface area is 182 Å². The zero-order chi connectivity index (χ0) is 20.0. The summed E-state index contributed by atoms with van der Waals surface area (Å²) in [5, 5.41) is 10.7. The molecule has 0 heterocycles. The molecule has 4 aromatic carbocycles. The molecular formula is C24H17BrN2OS. The maximum absolute atomic E-state index is 12.9. The van der Waals surface area contributed by atoms with Crippen molar-refractivity contribution in [3.63, 3.8) is 0 Å². The molecule has 0 atom stereocenters. The molecular weight excluding hydrogens is 444 g/mol. The molecule has 29 heavy (non-hydrogen) atoms. The lowest BCUT2D eigenvalue weighted by molar-refractivity contribution is 0.0979. The molecule has 142 valence electrons. The fourth-order valence-electron chi connectivity index (χ4n) is 4.15. The Morgan fingerprint density at radius 2 is 1.52 bits per heavy atom. The highest BCUT2D eigenvalue weighted by molar-refractivity contribution is 9.10. The first-order chi connectivity index (χ1) is 14.1. The van der Waals surface area contributed by atoms with Crippen LogP contribution in [0.5, 0.6) is 0 Å². The minimum Gasteiger partial charge on any atom is -0.332 e. The van der Waals surface area contributed by atoms with Gasteiger partial charge in [0, 0.05) is 21.1 Å². The predicted molar refractivity (Wildman–Crippen MR) is 127 cm³/mol. The number of carbonyl (C=O) groups is 1. The number of thiocarbonyl (C=S) groups is 1. The van der Waals surface area contributed by atoms with E-state index in [-0.39, 0.29) is 5.91 Å².